The molecule has 2 N–H and O–H groups in total. The van der Waals surface area contributed by atoms with Crippen LogP contribution in [0.1, 0.15) is 33.2 Å². The summed E-state index contributed by atoms with van der Waals surface area (Å²) in [5.74, 6) is 1.38. The molecule has 0 spiro atoms. The van der Waals surface area contributed by atoms with Crippen LogP contribution in [-0.4, -0.2) is 29.4 Å². The fourth-order valence-electron chi connectivity index (χ4n) is 3.33. The van der Waals surface area contributed by atoms with Crippen molar-refractivity contribution in [3.8, 4) is 5.75 Å². The Bertz CT molecular complexity index is 663. The Kier molecular flexibility index (Phi) is 3.32. The van der Waals surface area contributed by atoms with Crippen molar-refractivity contribution in [2.75, 3.05) is 19.5 Å². The molecule has 0 bridgehead atoms. The summed E-state index contributed by atoms with van der Waals surface area (Å²) < 4.78 is 13.3. The minimum Gasteiger partial charge on any atom is -0.497 e. The van der Waals surface area contributed by atoms with Crippen LogP contribution in [0.5, 0.6) is 5.75 Å². The lowest BCUT2D eigenvalue weighted by molar-refractivity contribution is -0.126. The molecule has 5 heteroatoms. The number of benzene rings is 1. The van der Waals surface area contributed by atoms with Gasteiger partial charge in [0.25, 0.3) is 0 Å². The first kappa shape index (κ1) is 14.2. The number of nitrogen functional groups attached to an aromatic ring is 1. The molecule has 0 amide bonds. The van der Waals surface area contributed by atoms with Crippen molar-refractivity contribution >= 4 is 17.0 Å². The first-order chi connectivity index (χ1) is 9.98. The van der Waals surface area contributed by atoms with Crippen molar-refractivity contribution in [1.82, 2.24) is 9.55 Å². The highest BCUT2D eigenvalue weighted by Crippen LogP contribution is 2.53. The molecule has 0 aliphatic heterocycles. The van der Waals surface area contributed by atoms with Gasteiger partial charge in [-0.25, -0.2) is 4.98 Å². The van der Waals surface area contributed by atoms with Crippen LogP contribution >= 0.6 is 0 Å². The molecular formula is C16H23N3O2. The lowest BCUT2D eigenvalue weighted by Gasteiger charge is -2.52. The third-order valence-electron chi connectivity index (χ3n) is 4.73. The van der Waals surface area contributed by atoms with Crippen LogP contribution in [0.15, 0.2) is 18.2 Å². The van der Waals surface area contributed by atoms with Gasteiger partial charge < -0.3 is 19.8 Å². The van der Waals surface area contributed by atoms with Gasteiger partial charge in [0, 0.05) is 24.1 Å². The van der Waals surface area contributed by atoms with Crippen molar-refractivity contribution in [1.29, 1.82) is 0 Å². The maximum Gasteiger partial charge on any atom is 0.201 e. The largest absolute Gasteiger partial charge is 0.497 e. The summed E-state index contributed by atoms with van der Waals surface area (Å²) in [5.41, 5.74) is 8.14. The van der Waals surface area contributed by atoms with E-state index >= 15 is 0 Å². The Morgan fingerprint density at radius 2 is 2.19 bits per heavy atom. The summed E-state index contributed by atoms with van der Waals surface area (Å²) in [6.07, 6.45) is 1.24. The molecule has 5 nitrogen and oxygen atoms in total. The number of nitrogens with zero attached hydrogens (tertiary/aromatic N) is 2. The van der Waals surface area contributed by atoms with Gasteiger partial charge >= 0.3 is 0 Å². The minimum absolute atomic E-state index is 0.0425. The standard InChI is InChI=1S/C16H23N3O2/c1-5-21-14-9-13(16(14,2)3)19-12-8-10(20-4)6-7-11(12)18-15(19)17/h6-8,13-14H,5,9H2,1-4H3,(H2,17,18). The second-order valence-corrected chi connectivity index (χ2v) is 6.21. The number of fused-ring (bicyclic) bond motifs is 1. The monoisotopic (exact) mass is 289 g/mol. The number of nitrogens with two attached hydrogens (primary N) is 1. The van der Waals surface area contributed by atoms with Crippen LogP contribution in [0, 0.1) is 5.41 Å². The average Bonchev–Trinajstić information content (AvgIpc) is 2.78. The fourth-order valence-corrected chi connectivity index (χ4v) is 3.33. The number of rotatable bonds is 4. The van der Waals surface area contributed by atoms with E-state index in [9.17, 15) is 0 Å². The third-order valence-corrected chi connectivity index (χ3v) is 4.73. The van der Waals surface area contributed by atoms with Gasteiger partial charge in [-0.15, -0.1) is 0 Å². The van der Waals surface area contributed by atoms with E-state index in [1.807, 2.05) is 25.1 Å². The van der Waals surface area contributed by atoms with Crippen LogP contribution in [0.3, 0.4) is 0 Å². The van der Waals surface area contributed by atoms with E-state index in [1.165, 1.54) is 0 Å². The van der Waals surface area contributed by atoms with Gasteiger partial charge in [0.1, 0.15) is 5.75 Å². The smallest absolute Gasteiger partial charge is 0.201 e. The Balaban J connectivity index is 2.03. The van der Waals surface area contributed by atoms with Crippen molar-refractivity contribution < 1.29 is 9.47 Å². The molecule has 1 heterocycles. The molecule has 1 aliphatic rings. The molecule has 1 saturated carbocycles. The lowest BCUT2D eigenvalue weighted by atomic mass is 9.64. The summed E-state index contributed by atoms with van der Waals surface area (Å²) in [6.45, 7) is 7.24. The number of methoxy groups -OCH3 is 1. The predicted octanol–water partition coefficient (Wildman–Crippen LogP) is 3.00. The number of anilines is 1. The van der Waals surface area contributed by atoms with Gasteiger partial charge in [0.2, 0.25) is 5.95 Å². The van der Waals surface area contributed by atoms with Gasteiger partial charge in [-0.3, -0.25) is 0 Å². The second kappa shape index (κ2) is 4.91. The summed E-state index contributed by atoms with van der Waals surface area (Å²) in [7, 11) is 1.67. The molecule has 1 aromatic carbocycles. The number of aromatic nitrogens is 2. The van der Waals surface area contributed by atoms with Crippen LogP contribution in [0.25, 0.3) is 11.0 Å². The van der Waals surface area contributed by atoms with Crippen LogP contribution in [0.4, 0.5) is 5.95 Å². The van der Waals surface area contributed by atoms with Crippen molar-refractivity contribution in [3.05, 3.63) is 18.2 Å². The molecule has 0 radical (unpaired) electrons. The van der Waals surface area contributed by atoms with Crippen molar-refractivity contribution in [3.63, 3.8) is 0 Å². The van der Waals surface area contributed by atoms with E-state index in [1.54, 1.807) is 7.11 Å². The van der Waals surface area contributed by atoms with Crippen molar-refractivity contribution in [2.24, 2.45) is 5.41 Å². The molecule has 3 rings (SSSR count). The first-order valence-corrected chi connectivity index (χ1v) is 7.42. The maximum absolute atomic E-state index is 6.17. The SMILES string of the molecule is CCOC1CC(n2c(N)nc3ccc(OC)cc32)C1(C)C. The quantitative estimate of drug-likeness (QED) is 0.940. The molecule has 114 valence electrons. The minimum atomic E-state index is 0.0425. The first-order valence-electron chi connectivity index (χ1n) is 7.42. The molecule has 2 aromatic rings. The maximum atomic E-state index is 6.17. The summed E-state index contributed by atoms with van der Waals surface area (Å²) in [5, 5.41) is 0. The van der Waals surface area contributed by atoms with Crippen molar-refractivity contribution in [2.45, 2.75) is 39.3 Å². The van der Waals surface area contributed by atoms with E-state index in [4.69, 9.17) is 15.2 Å². The normalized spacial score (nSPS) is 24.0. The van der Waals surface area contributed by atoms with Gasteiger partial charge in [-0.1, -0.05) is 13.8 Å². The van der Waals surface area contributed by atoms with Gasteiger partial charge in [0.05, 0.1) is 24.2 Å². The summed E-state index contributed by atoms with van der Waals surface area (Å²) in [6, 6.07) is 6.16. The molecule has 1 aliphatic carbocycles. The van der Waals surface area contributed by atoms with Crippen LogP contribution in [-0.2, 0) is 4.74 Å². The predicted molar refractivity (Wildman–Crippen MR) is 83.5 cm³/mol. The molecule has 1 aromatic heterocycles. The summed E-state index contributed by atoms with van der Waals surface area (Å²) in [4.78, 5) is 4.47. The Hall–Kier alpha value is -1.75. The molecule has 0 saturated heterocycles. The Morgan fingerprint density at radius 3 is 2.81 bits per heavy atom. The van der Waals surface area contributed by atoms with Gasteiger partial charge in [-0.2, -0.15) is 0 Å². The summed E-state index contributed by atoms with van der Waals surface area (Å²) >= 11 is 0. The Labute approximate surface area is 125 Å². The molecular weight excluding hydrogens is 266 g/mol. The van der Waals surface area contributed by atoms with E-state index in [0.29, 0.717) is 12.0 Å². The zero-order valence-corrected chi connectivity index (χ0v) is 13.1. The zero-order valence-electron chi connectivity index (χ0n) is 13.1. The highest BCUT2D eigenvalue weighted by atomic mass is 16.5. The lowest BCUT2D eigenvalue weighted by Crippen LogP contribution is -2.51. The highest BCUT2D eigenvalue weighted by Gasteiger charge is 2.50. The van der Waals surface area contributed by atoms with E-state index < -0.39 is 0 Å². The molecule has 2 unspecified atom stereocenters. The number of hydrogen-bond donors (Lipinski definition) is 1. The van der Waals surface area contributed by atoms with E-state index in [0.717, 1.165) is 29.8 Å². The zero-order chi connectivity index (χ0) is 15.2. The van der Waals surface area contributed by atoms with Crippen LogP contribution in [0.2, 0.25) is 0 Å². The molecule has 1 fully saturated rings. The Morgan fingerprint density at radius 1 is 1.43 bits per heavy atom. The molecule has 2 atom stereocenters. The van der Waals surface area contributed by atoms with E-state index in [2.05, 4.69) is 23.4 Å². The van der Waals surface area contributed by atoms with Crippen LogP contribution < -0.4 is 10.5 Å². The number of ether oxygens (including phenoxy) is 2. The van der Waals surface area contributed by atoms with Gasteiger partial charge in [-0.05, 0) is 25.5 Å². The number of imidazole rings is 1. The average molecular weight is 289 g/mol. The van der Waals surface area contributed by atoms with E-state index in [-0.39, 0.29) is 11.5 Å². The highest BCUT2D eigenvalue weighted by molar-refractivity contribution is 5.80. The molecule has 21 heavy (non-hydrogen) atoms. The topological polar surface area (TPSA) is 62.3 Å². The third kappa shape index (κ3) is 2.07. The fraction of sp³-hybridized carbons (Fsp3) is 0.562. The second-order valence-electron chi connectivity index (χ2n) is 6.21. The van der Waals surface area contributed by atoms with Gasteiger partial charge in [0.15, 0.2) is 0 Å². The number of hydrogen-bond acceptors (Lipinski definition) is 4.